The van der Waals surface area contributed by atoms with Crippen LogP contribution in [0.2, 0.25) is 5.02 Å². The average molecular weight is 310 g/mol. The minimum Gasteiger partial charge on any atom is -0.491 e. The first-order valence-corrected chi connectivity index (χ1v) is 7.07. The van der Waals surface area contributed by atoms with Gasteiger partial charge in [-0.05, 0) is 24.6 Å². The molecule has 0 saturated heterocycles. The van der Waals surface area contributed by atoms with Crippen molar-refractivity contribution in [1.29, 1.82) is 0 Å². The lowest BCUT2D eigenvalue weighted by Gasteiger charge is -2.15. The Labute approximate surface area is 127 Å². The van der Waals surface area contributed by atoms with Gasteiger partial charge in [0, 0.05) is 17.9 Å². The minimum atomic E-state index is -0.376. The van der Waals surface area contributed by atoms with E-state index in [2.05, 4.69) is 15.8 Å². The lowest BCUT2D eigenvalue weighted by Crippen LogP contribution is -2.32. The molecule has 2 N–H and O–H groups in total. The number of carbonyl (C=O) groups excluding carboxylic acids is 2. The van der Waals surface area contributed by atoms with Crippen LogP contribution in [0, 0.1) is 0 Å². The van der Waals surface area contributed by atoms with Crippen molar-refractivity contribution in [2.45, 2.75) is 26.2 Å². The Bertz CT molecular complexity index is 587. The molecular weight excluding hydrogens is 294 g/mol. The summed E-state index contributed by atoms with van der Waals surface area (Å²) >= 11 is 5.95. The van der Waals surface area contributed by atoms with E-state index in [1.165, 1.54) is 0 Å². The molecule has 0 unspecified atom stereocenters. The zero-order valence-electron chi connectivity index (χ0n) is 11.6. The summed E-state index contributed by atoms with van der Waals surface area (Å²) in [5.41, 5.74) is 3.05. The summed E-state index contributed by atoms with van der Waals surface area (Å²) < 4.78 is 5.56. The molecule has 0 saturated carbocycles. The van der Waals surface area contributed by atoms with Gasteiger partial charge in [-0.3, -0.25) is 9.59 Å². The number of halogens is 1. The molecule has 1 aromatic carbocycles. The maximum absolute atomic E-state index is 12.1. The number of hydrogen-bond acceptors (Lipinski definition) is 4. The van der Waals surface area contributed by atoms with Crippen molar-refractivity contribution < 1.29 is 14.3 Å². The van der Waals surface area contributed by atoms with Gasteiger partial charge in [0.25, 0.3) is 5.91 Å². The number of amides is 2. The molecule has 1 aliphatic heterocycles. The summed E-state index contributed by atoms with van der Waals surface area (Å²) in [7, 11) is 0. The van der Waals surface area contributed by atoms with Gasteiger partial charge in [-0.1, -0.05) is 18.5 Å². The molecular formula is C14H16ClN3O3. The number of rotatable bonds is 5. The van der Waals surface area contributed by atoms with E-state index in [1.54, 1.807) is 18.2 Å². The Morgan fingerprint density at radius 3 is 2.95 bits per heavy atom. The van der Waals surface area contributed by atoms with Crippen molar-refractivity contribution in [3.8, 4) is 5.75 Å². The number of ether oxygens (including phenoxy) is 1. The monoisotopic (exact) mass is 309 g/mol. The second-order valence-corrected chi connectivity index (χ2v) is 4.97. The SMILES string of the molecule is CCCOc1ccc(Cl)cc1NC(=O)C1=NNC(=O)CC1. The van der Waals surface area contributed by atoms with Gasteiger partial charge in [-0.15, -0.1) is 0 Å². The van der Waals surface area contributed by atoms with Gasteiger partial charge >= 0.3 is 0 Å². The number of hydrazone groups is 1. The first kappa shape index (κ1) is 15.3. The fraction of sp³-hybridized carbons (Fsp3) is 0.357. The molecule has 21 heavy (non-hydrogen) atoms. The largest absolute Gasteiger partial charge is 0.491 e. The summed E-state index contributed by atoms with van der Waals surface area (Å²) in [5.74, 6) is -0.0186. The van der Waals surface area contributed by atoms with Crippen LogP contribution in [0.3, 0.4) is 0 Å². The van der Waals surface area contributed by atoms with Gasteiger partial charge in [-0.2, -0.15) is 5.10 Å². The van der Waals surface area contributed by atoms with Crippen LogP contribution in [0.15, 0.2) is 23.3 Å². The number of nitrogens with zero attached hydrogens (tertiary/aromatic N) is 1. The van der Waals surface area contributed by atoms with Crippen molar-refractivity contribution in [3.05, 3.63) is 23.2 Å². The topological polar surface area (TPSA) is 79.8 Å². The minimum absolute atomic E-state index is 0.193. The van der Waals surface area contributed by atoms with Crippen LogP contribution < -0.4 is 15.5 Å². The molecule has 0 bridgehead atoms. The maximum Gasteiger partial charge on any atom is 0.271 e. The highest BCUT2D eigenvalue weighted by atomic mass is 35.5. The van der Waals surface area contributed by atoms with Crippen molar-refractivity contribution in [2.24, 2.45) is 5.10 Å². The number of carbonyl (C=O) groups is 2. The summed E-state index contributed by atoms with van der Waals surface area (Å²) in [6, 6.07) is 5.02. The lowest BCUT2D eigenvalue weighted by atomic mass is 10.1. The zero-order valence-corrected chi connectivity index (χ0v) is 12.4. The summed E-state index contributed by atoms with van der Waals surface area (Å²) in [5, 5.41) is 6.96. The van der Waals surface area contributed by atoms with Crippen LogP contribution in [0.25, 0.3) is 0 Å². The van der Waals surface area contributed by atoms with Crippen molar-refractivity contribution in [2.75, 3.05) is 11.9 Å². The van der Waals surface area contributed by atoms with Gasteiger partial charge < -0.3 is 10.1 Å². The molecule has 7 heteroatoms. The van der Waals surface area contributed by atoms with E-state index >= 15 is 0 Å². The molecule has 0 aromatic heterocycles. The van der Waals surface area contributed by atoms with Crippen LogP contribution in [-0.2, 0) is 9.59 Å². The second-order valence-electron chi connectivity index (χ2n) is 4.54. The van der Waals surface area contributed by atoms with E-state index in [0.717, 1.165) is 6.42 Å². The Morgan fingerprint density at radius 1 is 1.48 bits per heavy atom. The molecule has 2 rings (SSSR count). The molecule has 1 aliphatic rings. The van der Waals surface area contributed by atoms with Gasteiger partial charge in [0.1, 0.15) is 11.5 Å². The summed E-state index contributed by atoms with van der Waals surface area (Å²) in [6.07, 6.45) is 1.42. The first-order chi connectivity index (χ1) is 10.1. The molecule has 2 amide bonds. The van der Waals surface area contributed by atoms with Crippen LogP contribution in [0.1, 0.15) is 26.2 Å². The first-order valence-electron chi connectivity index (χ1n) is 6.69. The standard InChI is InChI=1S/C14H16ClN3O3/c1-2-7-21-12-5-3-9(15)8-11(12)16-14(20)10-4-6-13(19)18-17-10/h3,5,8H,2,4,6-7H2,1H3,(H,16,20)(H,18,19). The zero-order chi connectivity index (χ0) is 15.2. The van der Waals surface area contributed by atoms with E-state index < -0.39 is 0 Å². The van der Waals surface area contributed by atoms with Gasteiger partial charge in [-0.25, -0.2) is 5.43 Å². The third kappa shape index (κ3) is 4.19. The van der Waals surface area contributed by atoms with Crippen LogP contribution >= 0.6 is 11.6 Å². The quantitative estimate of drug-likeness (QED) is 0.876. The number of hydrogen-bond donors (Lipinski definition) is 2. The third-order valence-corrected chi connectivity index (χ3v) is 3.05. The van der Waals surface area contributed by atoms with Gasteiger partial charge in [0.15, 0.2) is 0 Å². The highest BCUT2D eigenvalue weighted by Crippen LogP contribution is 2.28. The van der Waals surface area contributed by atoms with Crippen molar-refractivity contribution in [1.82, 2.24) is 5.43 Å². The lowest BCUT2D eigenvalue weighted by molar-refractivity contribution is -0.121. The maximum atomic E-state index is 12.1. The summed E-state index contributed by atoms with van der Waals surface area (Å²) in [4.78, 5) is 23.1. The molecule has 0 radical (unpaired) electrons. The molecule has 0 aliphatic carbocycles. The van der Waals surface area contributed by atoms with Crippen molar-refractivity contribution >= 4 is 34.8 Å². The fourth-order valence-corrected chi connectivity index (χ4v) is 1.94. The molecule has 1 aromatic rings. The normalized spacial score (nSPS) is 14.2. The van der Waals surface area contributed by atoms with E-state index in [-0.39, 0.29) is 23.9 Å². The van der Waals surface area contributed by atoms with Crippen LogP contribution in [0.5, 0.6) is 5.75 Å². The number of benzene rings is 1. The highest BCUT2D eigenvalue weighted by molar-refractivity contribution is 6.43. The average Bonchev–Trinajstić information content (AvgIpc) is 2.47. The smallest absolute Gasteiger partial charge is 0.271 e. The Kier molecular flexibility index (Phi) is 5.16. The predicted octanol–water partition coefficient (Wildman–Crippen LogP) is 2.33. The van der Waals surface area contributed by atoms with Gasteiger partial charge in [0.2, 0.25) is 5.91 Å². The molecule has 6 nitrogen and oxygen atoms in total. The molecule has 112 valence electrons. The van der Waals surface area contributed by atoms with E-state index in [0.29, 0.717) is 29.5 Å². The highest BCUT2D eigenvalue weighted by Gasteiger charge is 2.19. The van der Waals surface area contributed by atoms with Crippen LogP contribution in [-0.4, -0.2) is 24.1 Å². The third-order valence-electron chi connectivity index (χ3n) is 2.82. The van der Waals surface area contributed by atoms with Crippen molar-refractivity contribution in [3.63, 3.8) is 0 Å². The van der Waals surface area contributed by atoms with E-state index in [1.807, 2.05) is 6.92 Å². The molecule has 0 fully saturated rings. The predicted molar refractivity (Wildman–Crippen MR) is 80.7 cm³/mol. The molecule has 0 spiro atoms. The van der Waals surface area contributed by atoms with E-state index in [9.17, 15) is 9.59 Å². The van der Waals surface area contributed by atoms with E-state index in [4.69, 9.17) is 16.3 Å². The molecule has 0 atom stereocenters. The number of nitrogens with one attached hydrogen (secondary N) is 2. The Morgan fingerprint density at radius 2 is 2.29 bits per heavy atom. The second kappa shape index (κ2) is 7.08. The van der Waals surface area contributed by atoms with Gasteiger partial charge in [0.05, 0.1) is 12.3 Å². The number of anilines is 1. The fourth-order valence-electron chi connectivity index (χ4n) is 1.77. The Balaban J connectivity index is 2.12. The van der Waals surface area contributed by atoms with Crippen LogP contribution in [0.4, 0.5) is 5.69 Å². The summed E-state index contributed by atoms with van der Waals surface area (Å²) in [6.45, 7) is 2.54. The molecule has 1 heterocycles. The Hall–Kier alpha value is -2.08.